The molecular weight excluding hydrogens is 200 g/mol. The molecule has 1 rings (SSSR count). The number of rotatable bonds is 2. The van der Waals surface area contributed by atoms with Crippen molar-refractivity contribution in [3.8, 4) is 0 Å². The van der Waals surface area contributed by atoms with Crippen LogP contribution in [0, 0.1) is 5.92 Å². The first-order chi connectivity index (χ1) is 7.38. The van der Waals surface area contributed by atoms with E-state index in [-0.39, 0.29) is 5.97 Å². The highest BCUT2D eigenvalue weighted by atomic mass is 16.6. The van der Waals surface area contributed by atoms with Gasteiger partial charge in [0, 0.05) is 5.57 Å². The van der Waals surface area contributed by atoms with E-state index in [2.05, 4.69) is 6.08 Å². The summed E-state index contributed by atoms with van der Waals surface area (Å²) < 4.78 is 5.33. The Morgan fingerprint density at radius 2 is 1.75 bits per heavy atom. The molecule has 1 aliphatic carbocycles. The first kappa shape index (κ1) is 13.3. The Kier molecular flexibility index (Phi) is 4.57. The molecule has 0 N–H and O–H groups in total. The lowest BCUT2D eigenvalue weighted by Crippen LogP contribution is -2.24. The SMILES string of the molecule is CC(=CC1CCCCC1)C(=O)OC(C)(C)C. The topological polar surface area (TPSA) is 26.3 Å². The maximum absolute atomic E-state index is 11.7. The molecule has 0 aliphatic heterocycles. The molecule has 0 aromatic rings. The van der Waals surface area contributed by atoms with Gasteiger partial charge in [0.2, 0.25) is 0 Å². The normalized spacial score (nSPS) is 19.6. The molecule has 1 aliphatic rings. The largest absolute Gasteiger partial charge is 0.457 e. The van der Waals surface area contributed by atoms with E-state index in [1.807, 2.05) is 27.7 Å². The monoisotopic (exact) mass is 224 g/mol. The average Bonchev–Trinajstić information content (AvgIpc) is 2.16. The van der Waals surface area contributed by atoms with Crippen molar-refractivity contribution in [2.75, 3.05) is 0 Å². The zero-order chi connectivity index (χ0) is 12.2. The van der Waals surface area contributed by atoms with E-state index in [0.717, 1.165) is 5.57 Å². The fourth-order valence-corrected chi connectivity index (χ4v) is 2.08. The number of allylic oxidation sites excluding steroid dienone is 1. The molecule has 0 aromatic heterocycles. The number of esters is 1. The van der Waals surface area contributed by atoms with Crippen LogP contribution < -0.4 is 0 Å². The van der Waals surface area contributed by atoms with Crippen molar-refractivity contribution in [1.82, 2.24) is 0 Å². The van der Waals surface area contributed by atoms with E-state index in [1.54, 1.807) is 0 Å². The zero-order valence-corrected chi connectivity index (χ0v) is 11.0. The van der Waals surface area contributed by atoms with E-state index in [9.17, 15) is 4.79 Å². The van der Waals surface area contributed by atoms with Gasteiger partial charge in [-0.05, 0) is 46.5 Å². The van der Waals surface area contributed by atoms with Gasteiger partial charge in [0.15, 0.2) is 0 Å². The summed E-state index contributed by atoms with van der Waals surface area (Å²) in [4.78, 5) is 11.7. The molecule has 16 heavy (non-hydrogen) atoms. The molecule has 0 atom stereocenters. The number of carbonyl (C=O) groups excluding carboxylic acids is 1. The van der Waals surface area contributed by atoms with Crippen molar-refractivity contribution in [2.45, 2.75) is 65.4 Å². The van der Waals surface area contributed by atoms with Gasteiger partial charge in [0.05, 0.1) is 0 Å². The third-order valence-electron chi connectivity index (χ3n) is 2.86. The molecular formula is C14H24O2. The average molecular weight is 224 g/mol. The van der Waals surface area contributed by atoms with Crippen LogP contribution in [0.3, 0.4) is 0 Å². The highest BCUT2D eigenvalue weighted by Crippen LogP contribution is 2.26. The second kappa shape index (κ2) is 5.51. The molecule has 0 unspecified atom stereocenters. The van der Waals surface area contributed by atoms with E-state index in [4.69, 9.17) is 4.74 Å². The van der Waals surface area contributed by atoms with Crippen LogP contribution in [-0.2, 0) is 9.53 Å². The van der Waals surface area contributed by atoms with Crippen LogP contribution in [0.2, 0.25) is 0 Å². The number of carbonyl (C=O) groups is 1. The van der Waals surface area contributed by atoms with Crippen LogP contribution in [0.15, 0.2) is 11.6 Å². The third kappa shape index (κ3) is 4.82. The fourth-order valence-electron chi connectivity index (χ4n) is 2.08. The molecule has 2 nitrogen and oxygen atoms in total. The van der Waals surface area contributed by atoms with Crippen LogP contribution in [0.25, 0.3) is 0 Å². The van der Waals surface area contributed by atoms with E-state index in [1.165, 1.54) is 32.1 Å². The highest BCUT2D eigenvalue weighted by molar-refractivity contribution is 5.88. The summed E-state index contributed by atoms with van der Waals surface area (Å²) in [5.74, 6) is 0.416. The Morgan fingerprint density at radius 1 is 1.19 bits per heavy atom. The highest BCUT2D eigenvalue weighted by Gasteiger charge is 2.19. The predicted molar refractivity (Wildman–Crippen MR) is 66.2 cm³/mol. The van der Waals surface area contributed by atoms with E-state index in [0.29, 0.717) is 5.92 Å². The molecule has 1 saturated carbocycles. The minimum Gasteiger partial charge on any atom is -0.457 e. The number of hydrogen-bond donors (Lipinski definition) is 0. The van der Waals surface area contributed by atoms with Crippen LogP contribution in [-0.4, -0.2) is 11.6 Å². The van der Waals surface area contributed by atoms with Crippen LogP contribution in [0.4, 0.5) is 0 Å². The van der Waals surface area contributed by atoms with E-state index >= 15 is 0 Å². The molecule has 0 aromatic carbocycles. The van der Waals surface area contributed by atoms with Gasteiger partial charge in [0.25, 0.3) is 0 Å². The molecule has 0 bridgehead atoms. The Balaban J connectivity index is 2.51. The van der Waals surface area contributed by atoms with Crippen molar-refractivity contribution < 1.29 is 9.53 Å². The Hall–Kier alpha value is -0.790. The van der Waals surface area contributed by atoms with Crippen molar-refractivity contribution in [1.29, 1.82) is 0 Å². The van der Waals surface area contributed by atoms with Gasteiger partial charge >= 0.3 is 5.97 Å². The van der Waals surface area contributed by atoms with Crippen LogP contribution in [0.1, 0.15) is 59.8 Å². The fraction of sp³-hybridized carbons (Fsp3) is 0.786. The number of ether oxygens (including phenoxy) is 1. The summed E-state index contributed by atoms with van der Waals surface area (Å²) in [6.07, 6.45) is 8.48. The summed E-state index contributed by atoms with van der Waals surface area (Å²) in [6.45, 7) is 7.57. The minimum atomic E-state index is -0.390. The lowest BCUT2D eigenvalue weighted by molar-refractivity contribution is -0.149. The predicted octanol–water partition coefficient (Wildman–Crippen LogP) is 3.85. The number of hydrogen-bond acceptors (Lipinski definition) is 2. The lowest BCUT2D eigenvalue weighted by atomic mass is 9.88. The lowest BCUT2D eigenvalue weighted by Gasteiger charge is -2.21. The molecule has 0 spiro atoms. The second-order valence-electron chi connectivity index (χ2n) is 5.75. The van der Waals surface area contributed by atoms with Gasteiger partial charge in [-0.2, -0.15) is 0 Å². The Bertz CT molecular complexity index is 265. The van der Waals surface area contributed by atoms with Crippen molar-refractivity contribution in [3.63, 3.8) is 0 Å². The smallest absolute Gasteiger partial charge is 0.333 e. The third-order valence-corrected chi connectivity index (χ3v) is 2.86. The molecule has 92 valence electrons. The first-order valence-corrected chi connectivity index (χ1v) is 6.30. The molecule has 1 fully saturated rings. The Labute approximate surface area is 99.1 Å². The van der Waals surface area contributed by atoms with Gasteiger partial charge in [-0.3, -0.25) is 0 Å². The van der Waals surface area contributed by atoms with Crippen molar-refractivity contribution >= 4 is 5.97 Å². The summed E-state index contributed by atoms with van der Waals surface area (Å²) in [6, 6.07) is 0. The van der Waals surface area contributed by atoms with Crippen LogP contribution in [0.5, 0.6) is 0 Å². The molecule has 0 amide bonds. The summed E-state index contributed by atoms with van der Waals surface area (Å²) in [7, 11) is 0. The first-order valence-electron chi connectivity index (χ1n) is 6.30. The van der Waals surface area contributed by atoms with Crippen molar-refractivity contribution in [3.05, 3.63) is 11.6 Å². The Morgan fingerprint density at radius 3 is 2.25 bits per heavy atom. The molecule has 0 heterocycles. The molecule has 0 saturated heterocycles. The second-order valence-corrected chi connectivity index (χ2v) is 5.75. The van der Waals surface area contributed by atoms with Gasteiger partial charge < -0.3 is 4.74 Å². The minimum absolute atomic E-state index is 0.168. The van der Waals surface area contributed by atoms with Gasteiger partial charge in [-0.1, -0.05) is 25.3 Å². The van der Waals surface area contributed by atoms with Gasteiger partial charge in [-0.25, -0.2) is 4.79 Å². The molecule has 0 radical (unpaired) electrons. The quantitative estimate of drug-likeness (QED) is 0.526. The summed E-state index contributed by atoms with van der Waals surface area (Å²) in [5.41, 5.74) is 0.375. The maximum Gasteiger partial charge on any atom is 0.333 e. The summed E-state index contributed by atoms with van der Waals surface area (Å²) in [5, 5.41) is 0. The van der Waals surface area contributed by atoms with Crippen LogP contribution >= 0.6 is 0 Å². The maximum atomic E-state index is 11.7. The standard InChI is InChI=1S/C14H24O2/c1-11(13(15)16-14(2,3)4)10-12-8-6-5-7-9-12/h10,12H,5-9H2,1-4H3. The van der Waals surface area contributed by atoms with Gasteiger partial charge in [-0.15, -0.1) is 0 Å². The van der Waals surface area contributed by atoms with Gasteiger partial charge in [0.1, 0.15) is 5.60 Å². The van der Waals surface area contributed by atoms with E-state index < -0.39 is 5.60 Å². The molecule has 2 heteroatoms. The zero-order valence-electron chi connectivity index (χ0n) is 11.0. The summed E-state index contributed by atoms with van der Waals surface area (Å²) >= 11 is 0. The van der Waals surface area contributed by atoms with Crippen molar-refractivity contribution in [2.24, 2.45) is 5.92 Å².